The fraction of sp³-hybridized carbons (Fsp3) is 0.800. The molecule has 0 aromatic carbocycles. The summed E-state index contributed by atoms with van der Waals surface area (Å²) in [6, 6.07) is 0.642. The molecule has 0 aromatic rings. The lowest BCUT2D eigenvalue weighted by molar-refractivity contribution is -0.132. The number of rotatable bonds is 7. The first-order valence-corrected chi connectivity index (χ1v) is 7.41. The largest absolute Gasteiger partial charge is 0.343 e. The smallest absolute Gasteiger partial charge is 0.222 e. The van der Waals surface area contributed by atoms with Gasteiger partial charge >= 0.3 is 0 Å². The third-order valence-corrected chi connectivity index (χ3v) is 4.04. The van der Waals surface area contributed by atoms with Gasteiger partial charge in [0.2, 0.25) is 5.91 Å². The number of carbonyl (C=O) groups is 1. The zero-order valence-corrected chi connectivity index (χ0v) is 13.8. The van der Waals surface area contributed by atoms with Crippen molar-refractivity contribution in [2.24, 2.45) is 5.92 Å². The molecule has 2 aliphatic rings. The monoisotopic (exact) mass is 322 g/mol. The van der Waals surface area contributed by atoms with E-state index in [0.717, 1.165) is 44.7 Å². The third-order valence-electron chi connectivity index (χ3n) is 4.04. The summed E-state index contributed by atoms with van der Waals surface area (Å²) in [5.41, 5.74) is 0. The van der Waals surface area contributed by atoms with Gasteiger partial charge in [-0.25, -0.2) is 0 Å². The number of nitrogens with zero attached hydrogens (tertiary/aromatic N) is 1. The predicted octanol–water partition coefficient (Wildman–Crippen LogP) is 3.18. The van der Waals surface area contributed by atoms with Gasteiger partial charge in [0.1, 0.15) is 0 Å². The molecule has 1 heterocycles. The Bertz CT molecular complexity index is 288. The molecule has 2 fully saturated rings. The fourth-order valence-corrected chi connectivity index (χ4v) is 2.54. The van der Waals surface area contributed by atoms with Crippen molar-refractivity contribution in [1.82, 2.24) is 10.2 Å². The molecule has 0 aromatic heterocycles. The number of amides is 1. The molecule has 0 radical (unpaired) electrons. The summed E-state index contributed by atoms with van der Waals surface area (Å²) in [6.07, 6.45) is 9.54. The van der Waals surface area contributed by atoms with Crippen LogP contribution in [-0.4, -0.2) is 36.5 Å². The standard InChI is InChI=1S/C15H26N2O.2ClH/c1-2-3-4-5-15(18)17-10-8-14(9-11-17)16-12-13-6-7-13;;/h2,13-14,16H,1,3-12H2;2*1H. The van der Waals surface area contributed by atoms with Gasteiger partial charge in [-0.3, -0.25) is 4.79 Å². The van der Waals surface area contributed by atoms with Gasteiger partial charge in [-0.15, -0.1) is 31.4 Å². The highest BCUT2D eigenvalue weighted by molar-refractivity contribution is 5.85. The van der Waals surface area contributed by atoms with Crippen molar-refractivity contribution in [3.05, 3.63) is 12.7 Å². The number of nitrogens with one attached hydrogen (secondary N) is 1. The Labute approximate surface area is 135 Å². The van der Waals surface area contributed by atoms with Crippen molar-refractivity contribution in [1.29, 1.82) is 0 Å². The van der Waals surface area contributed by atoms with Crippen molar-refractivity contribution in [3.63, 3.8) is 0 Å². The van der Waals surface area contributed by atoms with Crippen LogP contribution in [0.4, 0.5) is 0 Å². The van der Waals surface area contributed by atoms with Crippen LogP contribution in [0.1, 0.15) is 44.9 Å². The molecule has 0 spiro atoms. The molecule has 20 heavy (non-hydrogen) atoms. The number of hydrogen-bond acceptors (Lipinski definition) is 2. The number of unbranched alkanes of at least 4 members (excludes halogenated alkanes) is 1. The van der Waals surface area contributed by atoms with E-state index in [1.807, 2.05) is 11.0 Å². The number of carbonyl (C=O) groups excluding carboxylic acids is 1. The number of halogens is 2. The van der Waals surface area contributed by atoms with Crippen LogP contribution in [0.3, 0.4) is 0 Å². The molecule has 118 valence electrons. The van der Waals surface area contributed by atoms with Crippen LogP contribution < -0.4 is 5.32 Å². The van der Waals surface area contributed by atoms with Gasteiger partial charge in [0.15, 0.2) is 0 Å². The minimum Gasteiger partial charge on any atom is -0.343 e. The number of hydrogen-bond donors (Lipinski definition) is 1. The zero-order chi connectivity index (χ0) is 12.8. The van der Waals surface area contributed by atoms with Crippen LogP contribution in [0.5, 0.6) is 0 Å². The van der Waals surface area contributed by atoms with Gasteiger partial charge in [0, 0.05) is 25.6 Å². The lowest BCUT2D eigenvalue weighted by Gasteiger charge is -2.32. The molecule has 1 aliphatic carbocycles. The van der Waals surface area contributed by atoms with Crippen LogP contribution in [0.2, 0.25) is 0 Å². The van der Waals surface area contributed by atoms with E-state index in [9.17, 15) is 4.79 Å². The molecule has 0 bridgehead atoms. The molecular weight excluding hydrogens is 295 g/mol. The van der Waals surface area contributed by atoms with Gasteiger partial charge in [-0.05, 0) is 51.0 Å². The summed E-state index contributed by atoms with van der Waals surface area (Å²) < 4.78 is 0. The lowest BCUT2D eigenvalue weighted by Crippen LogP contribution is -2.45. The SMILES string of the molecule is C=CCCCC(=O)N1CCC(NCC2CC2)CC1.Cl.Cl. The summed E-state index contributed by atoms with van der Waals surface area (Å²) in [6.45, 7) is 6.76. The second-order valence-electron chi connectivity index (χ2n) is 5.69. The van der Waals surface area contributed by atoms with Crippen molar-refractivity contribution >= 4 is 30.7 Å². The van der Waals surface area contributed by atoms with Crippen LogP contribution >= 0.6 is 24.8 Å². The summed E-state index contributed by atoms with van der Waals surface area (Å²) in [5.74, 6) is 1.28. The Morgan fingerprint density at radius 3 is 2.40 bits per heavy atom. The van der Waals surface area contributed by atoms with E-state index in [-0.39, 0.29) is 24.8 Å². The molecule has 1 amide bonds. The Kier molecular flexibility index (Phi) is 10.3. The Morgan fingerprint density at radius 2 is 1.85 bits per heavy atom. The molecule has 1 saturated carbocycles. The van der Waals surface area contributed by atoms with Crippen molar-refractivity contribution in [2.75, 3.05) is 19.6 Å². The topological polar surface area (TPSA) is 32.3 Å². The van der Waals surface area contributed by atoms with E-state index < -0.39 is 0 Å². The van der Waals surface area contributed by atoms with E-state index in [4.69, 9.17) is 0 Å². The van der Waals surface area contributed by atoms with Gasteiger partial charge in [0.25, 0.3) is 0 Å². The van der Waals surface area contributed by atoms with Crippen LogP contribution in [0.15, 0.2) is 12.7 Å². The maximum Gasteiger partial charge on any atom is 0.222 e. The van der Waals surface area contributed by atoms with E-state index in [0.29, 0.717) is 18.4 Å². The molecular formula is C15H28Cl2N2O. The molecule has 3 nitrogen and oxygen atoms in total. The normalized spacial score (nSPS) is 18.9. The number of piperidine rings is 1. The van der Waals surface area contributed by atoms with Crippen LogP contribution in [-0.2, 0) is 4.79 Å². The predicted molar refractivity (Wildman–Crippen MR) is 88.9 cm³/mol. The maximum atomic E-state index is 11.9. The number of likely N-dealkylation sites (tertiary alicyclic amines) is 1. The highest BCUT2D eigenvalue weighted by Gasteiger charge is 2.25. The van der Waals surface area contributed by atoms with Gasteiger partial charge in [0.05, 0.1) is 0 Å². The van der Waals surface area contributed by atoms with Gasteiger partial charge in [-0.1, -0.05) is 6.08 Å². The molecule has 0 atom stereocenters. The molecule has 1 aliphatic heterocycles. The minimum absolute atomic E-state index is 0. The zero-order valence-electron chi connectivity index (χ0n) is 12.2. The first-order valence-electron chi connectivity index (χ1n) is 7.41. The Morgan fingerprint density at radius 1 is 1.20 bits per heavy atom. The van der Waals surface area contributed by atoms with Crippen molar-refractivity contribution in [3.8, 4) is 0 Å². The number of allylic oxidation sites excluding steroid dienone is 1. The average Bonchev–Trinajstić information content (AvgIpc) is 3.21. The van der Waals surface area contributed by atoms with E-state index in [1.54, 1.807) is 0 Å². The summed E-state index contributed by atoms with van der Waals surface area (Å²) >= 11 is 0. The quantitative estimate of drug-likeness (QED) is 0.576. The highest BCUT2D eigenvalue weighted by atomic mass is 35.5. The van der Waals surface area contributed by atoms with Gasteiger partial charge < -0.3 is 10.2 Å². The van der Waals surface area contributed by atoms with E-state index >= 15 is 0 Å². The Balaban J connectivity index is 0.00000180. The molecule has 0 unspecified atom stereocenters. The minimum atomic E-state index is 0. The van der Waals surface area contributed by atoms with E-state index in [2.05, 4.69) is 11.9 Å². The highest BCUT2D eigenvalue weighted by Crippen LogP contribution is 2.28. The summed E-state index contributed by atoms with van der Waals surface area (Å²) in [7, 11) is 0. The first kappa shape index (κ1) is 19.8. The third kappa shape index (κ3) is 6.96. The average molecular weight is 323 g/mol. The molecule has 2 rings (SSSR count). The summed E-state index contributed by atoms with van der Waals surface area (Å²) in [4.78, 5) is 14.0. The molecule has 5 heteroatoms. The fourth-order valence-electron chi connectivity index (χ4n) is 2.54. The Hall–Kier alpha value is -0.250. The van der Waals surface area contributed by atoms with Crippen molar-refractivity contribution in [2.45, 2.75) is 51.0 Å². The van der Waals surface area contributed by atoms with Crippen LogP contribution in [0, 0.1) is 5.92 Å². The molecule has 1 saturated heterocycles. The van der Waals surface area contributed by atoms with Gasteiger partial charge in [-0.2, -0.15) is 0 Å². The lowest BCUT2D eigenvalue weighted by atomic mass is 10.0. The van der Waals surface area contributed by atoms with Crippen molar-refractivity contribution < 1.29 is 4.79 Å². The first-order chi connectivity index (χ1) is 8.79. The second kappa shape index (κ2) is 10.5. The molecule has 1 N–H and O–H groups in total. The van der Waals surface area contributed by atoms with E-state index in [1.165, 1.54) is 19.4 Å². The maximum absolute atomic E-state index is 11.9. The summed E-state index contributed by atoms with van der Waals surface area (Å²) in [5, 5.41) is 3.64. The second-order valence-corrected chi connectivity index (χ2v) is 5.69. The van der Waals surface area contributed by atoms with Crippen LogP contribution in [0.25, 0.3) is 0 Å².